The van der Waals surface area contributed by atoms with Gasteiger partial charge in [0.05, 0.1) is 12.6 Å². The molecule has 1 N–H and O–H groups in total. The lowest BCUT2D eigenvalue weighted by Gasteiger charge is -2.14. The molecule has 2 aromatic carbocycles. The molecule has 0 spiro atoms. The van der Waals surface area contributed by atoms with Gasteiger partial charge in [0.2, 0.25) is 0 Å². The second-order valence-electron chi connectivity index (χ2n) is 5.69. The summed E-state index contributed by atoms with van der Waals surface area (Å²) in [4.78, 5) is 17.0. The molecule has 0 aliphatic carbocycles. The van der Waals surface area contributed by atoms with Crippen molar-refractivity contribution in [2.45, 2.75) is 19.9 Å². The maximum absolute atomic E-state index is 12.5. The Hall–Kier alpha value is -2.66. The van der Waals surface area contributed by atoms with Gasteiger partial charge in [0.1, 0.15) is 6.61 Å². The molecule has 0 aliphatic rings. The van der Waals surface area contributed by atoms with Crippen molar-refractivity contribution in [1.29, 1.82) is 0 Å². The first-order valence-electron chi connectivity index (χ1n) is 8.22. The van der Waals surface area contributed by atoms with Gasteiger partial charge in [-0.1, -0.05) is 48.0 Å². The number of methoxy groups -OCH3 is 1. The van der Waals surface area contributed by atoms with Crippen LogP contribution in [-0.2, 0) is 9.47 Å². The van der Waals surface area contributed by atoms with Gasteiger partial charge in [0.15, 0.2) is 0 Å². The van der Waals surface area contributed by atoms with E-state index in [1.807, 2.05) is 62.4 Å². The SMILES string of the molecule is COCCOC(=NC(C)c1ccccc1)NC(=O)c1cccc(C)c1. The van der Waals surface area contributed by atoms with Gasteiger partial charge in [-0.25, -0.2) is 4.99 Å². The van der Waals surface area contributed by atoms with Crippen LogP contribution >= 0.6 is 0 Å². The number of benzene rings is 2. The second-order valence-corrected chi connectivity index (χ2v) is 5.69. The molecule has 132 valence electrons. The number of aliphatic imine (C=N–C) groups is 1. The average molecular weight is 340 g/mol. The maximum atomic E-state index is 12.5. The molecule has 5 nitrogen and oxygen atoms in total. The summed E-state index contributed by atoms with van der Waals surface area (Å²) in [5.74, 6) is -0.250. The lowest BCUT2D eigenvalue weighted by atomic mass is 10.1. The van der Waals surface area contributed by atoms with E-state index in [9.17, 15) is 4.79 Å². The number of rotatable bonds is 6. The standard InChI is InChI=1S/C20H24N2O3/c1-15-8-7-11-18(14-15)19(23)22-20(25-13-12-24-3)21-16(2)17-9-5-4-6-10-17/h4-11,14,16H,12-13H2,1-3H3,(H,21,22,23). The Bertz CT molecular complexity index is 714. The Balaban J connectivity index is 2.14. The third kappa shape index (κ3) is 6.04. The molecule has 0 saturated heterocycles. The predicted molar refractivity (Wildman–Crippen MR) is 98.8 cm³/mol. The van der Waals surface area contributed by atoms with Crippen LogP contribution in [0.5, 0.6) is 0 Å². The van der Waals surface area contributed by atoms with Crippen LogP contribution in [0.4, 0.5) is 0 Å². The topological polar surface area (TPSA) is 59.9 Å². The zero-order valence-corrected chi connectivity index (χ0v) is 14.9. The Kier molecular flexibility index (Phi) is 7.16. The minimum absolute atomic E-state index is 0.142. The molecular weight excluding hydrogens is 316 g/mol. The highest BCUT2D eigenvalue weighted by molar-refractivity contribution is 6.04. The summed E-state index contributed by atoms with van der Waals surface area (Å²) in [5.41, 5.74) is 2.62. The second kappa shape index (κ2) is 9.59. The van der Waals surface area contributed by atoms with Gasteiger partial charge in [-0.05, 0) is 31.5 Å². The number of nitrogens with one attached hydrogen (secondary N) is 1. The minimum atomic E-state index is -0.250. The summed E-state index contributed by atoms with van der Waals surface area (Å²) < 4.78 is 10.6. The summed E-state index contributed by atoms with van der Waals surface area (Å²) in [7, 11) is 1.60. The predicted octanol–water partition coefficient (Wildman–Crippen LogP) is 3.51. The highest BCUT2D eigenvalue weighted by Gasteiger charge is 2.12. The number of carbonyl (C=O) groups excluding carboxylic acids is 1. The van der Waals surface area contributed by atoms with E-state index in [4.69, 9.17) is 9.47 Å². The van der Waals surface area contributed by atoms with E-state index >= 15 is 0 Å². The molecule has 25 heavy (non-hydrogen) atoms. The normalized spacial score (nSPS) is 12.5. The van der Waals surface area contributed by atoms with Gasteiger partial charge in [0, 0.05) is 12.7 Å². The average Bonchev–Trinajstić information content (AvgIpc) is 2.62. The third-order valence-electron chi connectivity index (χ3n) is 3.62. The molecule has 5 heteroatoms. The molecule has 2 rings (SSSR count). The largest absolute Gasteiger partial charge is 0.463 e. The van der Waals surface area contributed by atoms with E-state index in [0.717, 1.165) is 11.1 Å². The van der Waals surface area contributed by atoms with Crippen molar-refractivity contribution in [3.8, 4) is 0 Å². The van der Waals surface area contributed by atoms with Crippen molar-refractivity contribution < 1.29 is 14.3 Å². The van der Waals surface area contributed by atoms with Gasteiger partial charge in [-0.3, -0.25) is 10.1 Å². The Labute approximate surface area is 148 Å². The zero-order chi connectivity index (χ0) is 18.1. The van der Waals surface area contributed by atoms with Crippen molar-refractivity contribution in [2.75, 3.05) is 20.3 Å². The van der Waals surface area contributed by atoms with Gasteiger partial charge < -0.3 is 9.47 Å². The first kappa shape index (κ1) is 18.7. The van der Waals surface area contributed by atoms with Crippen LogP contribution in [0.1, 0.15) is 34.5 Å². The van der Waals surface area contributed by atoms with Crippen molar-refractivity contribution >= 4 is 11.9 Å². The molecule has 0 radical (unpaired) electrons. The van der Waals surface area contributed by atoms with Crippen LogP contribution < -0.4 is 5.32 Å². The molecule has 2 aromatic rings. The third-order valence-corrected chi connectivity index (χ3v) is 3.62. The lowest BCUT2D eigenvalue weighted by molar-refractivity contribution is 0.0953. The zero-order valence-electron chi connectivity index (χ0n) is 14.9. The van der Waals surface area contributed by atoms with E-state index in [1.165, 1.54) is 0 Å². The van der Waals surface area contributed by atoms with Crippen molar-refractivity contribution in [1.82, 2.24) is 5.32 Å². The van der Waals surface area contributed by atoms with Crippen molar-refractivity contribution in [2.24, 2.45) is 4.99 Å². The van der Waals surface area contributed by atoms with Gasteiger partial charge in [-0.15, -0.1) is 0 Å². The first-order valence-corrected chi connectivity index (χ1v) is 8.22. The van der Waals surface area contributed by atoms with E-state index in [1.54, 1.807) is 13.2 Å². The summed E-state index contributed by atoms with van der Waals surface area (Å²) in [6.07, 6.45) is 0. The summed E-state index contributed by atoms with van der Waals surface area (Å²) in [5, 5.41) is 2.75. The highest BCUT2D eigenvalue weighted by atomic mass is 16.5. The van der Waals surface area contributed by atoms with Crippen LogP contribution in [0.3, 0.4) is 0 Å². The number of carbonyl (C=O) groups is 1. The molecule has 0 aromatic heterocycles. The fourth-order valence-corrected chi connectivity index (χ4v) is 2.26. The molecule has 0 saturated carbocycles. The Morgan fingerprint density at radius 3 is 2.56 bits per heavy atom. The van der Waals surface area contributed by atoms with Gasteiger partial charge >= 0.3 is 0 Å². The number of nitrogens with zero attached hydrogens (tertiary/aromatic N) is 1. The molecule has 0 heterocycles. The van der Waals surface area contributed by atoms with Crippen LogP contribution in [-0.4, -0.2) is 32.3 Å². The lowest BCUT2D eigenvalue weighted by Crippen LogP contribution is -2.33. The Morgan fingerprint density at radius 1 is 1.12 bits per heavy atom. The van der Waals surface area contributed by atoms with Gasteiger partial charge in [0.25, 0.3) is 11.9 Å². The molecule has 0 aliphatic heterocycles. The quantitative estimate of drug-likeness (QED) is 0.497. The molecule has 1 unspecified atom stereocenters. The first-order chi connectivity index (χ1) is 12.1. The van der Waals surface area contributed by atoms with E-state index in [0.29, 0.717) is 18.8 Å². The van der Waals surface area contributed by atoms with Crippen LogP contribution in [0.2, 0.25) is 0 Å². The van der Waals surface area contributed by atoms with Crippen molar-refractivity contribution in [3.63, 3.8) is 0 Å². The number of amidine groups is 1. The van der Waals surface area contributed by atoms with Gasteiger partial charge in [-0.2, -0.15) is 0 Å². The summed E-state index contributed by atoms with van der Waals surface area (Å²) >= 11 is 0. The van der Waals surface area contributed by atoms with E-state index < -0.39 is 0 Å². The number of hydrogen-bond acceptors (Lipinski definition) is 4. The highest BCUT2D eigenvalue weighted by Crippen LogP contribution is 2.16. The van der Waals surface area contributed by atoms with Crippen LogP contribution in [0, 0.1) is 6.92 Å². The number of aryl methyl sites for hydroxylation is 1. The molecular formula is C20H24N2O3. The van der Waals surface area contributed by atoms with Crippen LogP contribution in [0.15, 0.2) is 59.6 Å². The molecule has 0 fully saturated rings. The number of hydrogen-bond donors (Lipinski definition) is 1. The molecule has 0 bridgehead atoms. The summed E-state index contributed by atoms with van der Waals surface area (Å²) in [6.45, 7) is 4.62. The fourth-order valence-electron chi connectivity index (χ4n) is 2.26. The Morgan fingerprint density at radius 2 is 1.88 bits per heavy atom. The summed E-state index contributed by atoms with van der Waals surface area (Å²) in [6, 6.07) is 17.3. The monoisotopic (exact) mass is 340 g/mol. The maximum Gasteiger partial charge on any atom is 0.292 e. The number of amides is 1. The fraction of sp³-hybridized carbons (Fsp3) is 0.300. The minimum Gasteiger partial charge on any atom is -0.463 e. The van der Waals surface area contributed by atoms with E-state index in [-0.39, 0.29) is 18.0 Å². The number of ether oxygens (including phenoxy) is 2. The molecule has 1 amide bonds. The van der Waals surface area contributed by atoms with Crippen LogP contribution in [0.25, 0.3) is 0 Å². The van der Waals surface area contributed by atoms with Crippen molar-refractivity contribution in [3.05, 3.63) is 71.3 Å². The molecule has 1 atom stereocenters. The smallest absolute Gasteiger partial charge is 0.292 e. The van der Waals surface area contributed by atoms with E-state index in [2.05, 4.69) is 10.3 Å².